The quantitative estimate of drug-likeness (QED) is 0.712. The van der Waals surface area contributed by atoms with E-state index in [-0.39, 0.29) is 0 Å². The smallest absolute Gasteiger partial charge is 0.182 e. The van der Waals surface area contributed by atoms with Crippen LogP contribution in [0.25, 0.3) is 11.2 Å². The highest BCUT2D eigenvalue weighted by molar-refractivity contribution is 7.81. The van der Waals surface area contributed by atoms with E-state index in [0.717, 1.165) is 24.2 Å². The molecule has 0 bridgehead atoms. The zero-order chi connectivity index (χ0) is 11.7. The van der Waals surface area contributed by atoms with Gasteiger partial charge in [0.1, 0.15) is 11.8 Å². The van der Waals surface area contributed by atoms with Crippen LogP contribution in [0.15, 0.2) is 12.7 Å². The van der Waals surface area contributed by atoms with Crippen molar-refractivity contribution >= 4 is 29.6 Å². The van der Waals surface area contributed by atoms with E-state index in [0.29, 0.717) is 16.9 Å². The SMILES string of the molecule is SC1CCCCC1Nc1ncnc2nc[nH]c12. The van der Waals surface area contributed by atoms with Crippen LogP contribution in [0.4, 0.5) is 5.82 Å². The fourth-order valence-electron chi connectivity index (χ4n) is 2.33. The average molecular weight is 249 g/mol. The lowest BCUT2D eigenvalue weighted by Gasteiger charge is -2.29. The number of imidazole rings is 1. The molecule has 2 aromatic rings. The second-order valence-electron chi connectivity index (χ2n) is 4.43. The Labute approximate surface area is 105 Å². The van der Waals surface area contributed by atoms with Crippen molar-refractivity contribution in [2.24, 2.45) is 0 Å². The molecule has 5 nitrogen and oxygen atoms in total. The summed E-state index contributed by atoms with van der Waals surface area (Å²) >= 11 is 4.63. The van der Waals surface area contributed by atoms with Crippen molar-refractivity contribution in [3.8, 4) is 0 Å². The molecule has 3 rings (SSSR count). The fourth-order valence-corrected chi connectivity index (χ4v) is 2.74. The minimum absolute atomic E-state index is 0.383. The third-order valence-electron chi connectivity index (χ3n) is 3.27. The van der Waals surface area contributed by atoms with E-state index >= 15 is 0 Å². The molecule has 2 aromatic heterocycles. The summed E-state index contributed by atoms with van der Waals surface area (Å²) in [5, 5.41) is 3.86. The van der Waals surface area contributed by atoms with Gasteiger partial charge < -0.3 is 10.3 Å². The van der Waals surface area contributed by atoms with E-state index < -0.39 is 0 Å². The lowest BCUT2D eigenvalue weighted by Crippen LogP contribution is -2.33. The second-order valence-corrected chi connectivity index (χ2v) is 5.09. The van der Waals surface area contributed by atoms with Crippen molar-refractivity contribution in [2.75, 3.05) is 5.32 Å². The van der Waals surface area contributed by atoms with Crippen molar-refractivity contribution < 1.29 is 0 Å². The van der Waals surface area contributed by atoms with Crippen LogP contribution in [-0.2, 0) is 0 Å². The second kappa shape index (κ2) is 4.52. The first-order valence-electron chi connectivity index (χ1n) is 5.93. The van der Waals surface area contributed by atoms with Crippen LogP contribution in [0.1, 0.15) is 25.7 Å². The van der Waals surface area contributed by atoms with Crippen molar-refractivity contribution in [3.05, 3.63) is 12.7 Å². The molecule has 0 radical (unpaired) electrons. The van der Waals surface area contributed by atoms with Crippen LogP contribution >= 0.6 is 12.6 Å². The van der Waals surface area contributed by atoms with Gasteiger partial charge in [-0.3, -0.25) is 0 Å². The normalized spacial score (nSPS) is 25.0. The first kappa shape index (κ1) is 10.8. The predicted octanol–water partition coefficient (Wildman–Crippen LogP) is 2.01. The van der Waals surface area contributed by atoms with Crippen LogP contribution in [0.5, 0.6) is 0 Å². The Bertz CT molecular complexity index is 511. The van der Waals surface area contributed by atoms with Gasteiger partial charge >= 0.3 is 0 Å². The average Bonchev–Trinajstić information content (AvgIpc) is 2.81. The number of hydrogen-bond acceptors (Lipinski definition) is 5. The molecule has 2 heterocycles. The minimum atomic E-state index is 0.383. The molecule has 1 aliphatic rings. The fraction of sp³-hybridized carbons (Fsp3) is 0.545. The summed E-state index contributed by atoms with van der Waals surface area (Å²) in [6.07, 6.45) is 8.03. The van der Waals surface area contributed by atoms with Gasteiger partial charge in [-0.15, -0.1) is 0 Å². The van der Waals surface area contributed by atoms with Gasteiger partial charge in [-0.05, 0) is 12.8 Å². The van der Waals surface area contributed by atoms with Gasteiger partial charge in [0.2, 0.25) is 0 Å². The molecule has 90 valence electrons. The molecule has 2 N–H and O–H groups in total. The third kappa shape index (κ3) is 2.09. The number of fused-ring (bicyclic) bond motifs is 1. The Morgan fingerprint density at radius 1 is 1.24 bits per heavy atom. The molecular weight excluding hydrogens is 234 g/mol. The molecule has 0 aromatic carbocycles. The summed E-state index contributed by atoms with van der Waals surface area (Å²) in [5.74, 6) is 0.832. The molecule has 0 aliphatic heterocycles. The number of thiol groups is 1. The van der Waals surface area contributed by atoms with E-state index in [9.17, 15) is 0 Å². The topological polar surface area (TPSA) is 66.5 Å². The molecule has 1 fully saturated rings. The van der Waals surface area contributed by atoms with Gasteiger partial charge in [-0.2, -0.15) is 12.6 Å². The highest BCUT2D eigenvalue weighted by atomic mass is 32.1. The Balaban J connectivity index is 1.86. The maximum absolute atomic E-state index is 4.63. The summed E-state index contributed by atoms with van der Waals surface area (Å²) in [7, 11) is 0. The van der Waals surface area contributed by atoms with Gasteiger partial charge in [-0.1, -0.05) is 12.8 Å². The molecule has 2 unspecified atom stereocenters. The lowest BCUT2D eigenvalue weighted by atomic mass is 9.95. The predicted molar refractivity (Wildman–Crippen MR) is 70.3 cm³/mol. The summed E-state index contributed by atoms with van der Waals surface area (Å²) in [6.45, 7) is 0. The molecule has 2 atom stereocenters. The van der Waals surface area contributed by atoms with Gasteiger partial charge in [0.25, 0.3) is 0 Å². The zero-order valence-corrected chi connectivity index (χ0v) is 10.3. The van der Waals surface area contributed by atoms with Crippen LogP contribution in [0, 0.1) is 0 Å². The lowest BCUT2D eigenvalue weighted by molar-refractivity contribution is 0.476. The number of nitrogens with one attached hydrogen (secondary N) is 2. The molecule has 17 heavy (non-hydrogen) atoms. The highest BCUT2D eigenvalue weighted by Gasteiger charge is 2.23. The van der Waals surface area contributed by atoms with Gasteiger partial charge in [0.15, 0.2) is 11.5 Å². The number of nitrogens with zero attached hydrogens (tertiary/aromatic N) is 3. The summed E-state index contributed by atoms with van der Waals surface area (Å²) in [6, 6.07) is 0.383. The van der Waals surface area contributed by atoms with Crippen LogP contribution in [0.3, 0.4) is 0 Å². The number of rotatable bonds is 2. The van der Waals surface area contributed by atoms with E-state index in [1.807, 2.05) is 0 Å². The molecular formula is C11H15N5S. The van der Waals surface area contributed by atoms with Crippen molar-refractivity contribution in [3.63, 3.8) is 0 Å². The highest BCUT2D eigenvalue weighted by Crippen LogP contribution is 2.26. The number of aromatic amines is 1. The maximum Gasteiger partial charge on any atom is 0.182 e. The number of anilines is 1. The molecule has 1 aliphatic carbocycles. The van der Waals surface area contributed by atoms with Crippen LogP contribution in [0.2, 0.25) is 0 Å². The van der Waals surface area contributed by atoms with Crippen molar-refractivity contribution in [1.82, 2.24) is 19.9 Å². The van der Waals surface area contributed by atoms with E-state index in [1.165, 1.54) is 12.8 Å². The summed E-state index contributed by atoms with van der Waals surface area (Å²) in [5.41, 5.74) is 1.58. The Morgan fingerprint density at radius 2 is 2.12 bits per heavy atom. The summed E-state index contributed by atoms with van der Waals surface area (Å²) in [4.78, 5) is 15.6. The molecule has 0 saturated heterocycles. The van der Waals surface area contributed by atoms with Gasteiger partial charge in [-0.25, -0.2) is 15.0 Å². The van der Waals surface area contributed by atoms with Crippen molar-refractivity contribution in [2.45, 2.75) is 37.0 Å². The van der Waals surface area contributed by atoms with Gasteiger partial charge in [0, 0.05) is 11.3 Å². The number of hydrogen-bond donors (Lipinski definition) is 3. The standard InChI is InChI=1S/C11H15N5S/c17-8-4-2-1-3-7(8)16-11-9-10(13-5-12-9)14-6-15-11/h5-8,17H,1-4H2,(H2,12,13,14,15,16). The largest absolute Gasteiger partial charge is 0.364 e. The first-order valence-corrected chi connectivity index (χ1v) is 6.45. The Kier molecular flexibility index (Phi) is 2.88. The monoisotopic (exact) mass is 249 g/mol. The molecule has 6 heteroatoms. The van der Waals surface area contributed by atoms with Crippen LogP contribution in [-0.4, -0.2) is 31.2 Å². The Morgan fingerprint density at radius 3 is 3.00 bits per heavy atom. The molecule has 0 spiro atoms. The van der Waals surface area contributed by atoms with Gasteiger partial charge in [0.05, 0.1) is 6.33 Å². The summed E-state index contributed by atoms with van der Waals surface area (Å²) < 4.78 is 0. The number of aromatic nitrogens is 4. The maximum atomic E-state index is 4.63. The van der Waals surface area contributed by atoms with E-state index in [4.69, 9.17) is 0 Å². The molecule has 0 amide bonds. The third-order valence-corrected chi connectivity index (χ3v) is 3.89. The van der Waals surface area contributed by atoms with E-state index in [2.05, 4.69) is 37.9 Å². The molecule has 1 saturated carbocycles. The van der Waals surface area contributed by atoms with Crippen LogP contribution < -0.4 is 5.32 Å². The van der Waals surface area contributed by atoms with Crippen molar-refractivity contribution in [1.29, 1.82) is 0 Å². The Hall–Kier alpha value is -1.30. The number of H-pyrrole nitrogens is 1. The van der Waals surface area contributed by atoms with E-state index in [1.54, 1.807) is 12.7 Å². The zero-order valence-electron chi connectivity index (χ0n) is 9.43. The first-order chi connectivity index (χ1) is 8.34. The minimum Gasteiger partial charge on any atom is -0.364 e.